The summed E-state index contributed by atoms with van der Waals surface area (Å²) in [5, 5.41) is 4.61. The van der Waals surface area contributed by atoms with Gasteiger partial charge in [0.05, 0.1) is 9.72 Å². The van der Waals surface area contributed by atoms with Crippen LogP contribution in [0.4, 0.5) is 5.13 Å². The second-order valence-electron chi connectivity index (χ2n) is 7.71. The van der Waals surface area contributed by atoms with E-state index < -0.39 is 0 Å². The van der Waals surface area contributed by atoms with Crippen LogP contribution in [0, 0.1) is 5.41 Å². The fraction of sp³-hybridized carbons (Fsp3) is 0.200. The van der Waals surface area contributed by atoms with Crippen LogP contribution in [0.25, 0.3) is 10.2 Å². The molecule has 1 fully saturated rings. The number of nitrogens with zero attached hydrogens (tertiary/aromatic N) is 1. The topological polar surface area (TPSA) is 42.0 Å². The summed E-state index contributed by atoms with van der Waals surface area (Å²) in [6.45, 7) is 2.06. The van der Waals surface area contributed by atoms with Gasteiger partial charge in [-0.3, -0.25) is 0 Å². The van der Waals surface area contributed by atoms with Crippen LogP contribution in [0.5, 0.6) is 0 Å². The standard InChI is InChI=1S/C17H16O.C8H7ClN2S/c1-16(13-18)12-17(16,14-8-4-2-5-9-14)15-10-6-3-7-11-15;1-10-8-11-7-5(9)3-2-4-6(7)12-8/h2-11,13H,12H2,1H3;2-4H,1H3,(H,10,11). The number of carbonyl (C=O) groups is 1. The van der Waals surface area contributed by atoms with Crippen molar-refractivity contribution < 1.29 is 4.79 Å². The largest absolute Gasteiger partial charge is 0.365 e. The Labute approximate surface area is 185 Å². The Morgan fingerprint density at radius 3 is 2.03 bits per heavy atom. The highest BCUT2D eigenvalue weighted by atomic mass is 35.5. The van der Waals surface area contributed by atoms with Crippen LogP contribution < -0.4 is 5.32 Å². The lowest BCUT2D eigenvalue weighted by atomic mass is 9.81. The molecule has 5 heteroatoms. The summed E-state index contributed by atoms with van der Waals surface area (Å²) in [7, 11) is 1.85. The van der Waals surface area contributed by atoms with Gasteiger partial charge in [0, 0.05) is 17.9 Å². The fourth-order valence-corrected chi connectivity index (χ4v) is 5.27. The minimum atomic E-state index is -0.268. The first-order valence-electron chi connectivity index (χ1n) is 9.84. The molecule has 1 N–H and O–H groups in total. The molecule has 1 saturated carbocycles. The maximum atomic E-state index is 11.5. The summed E-state index contributed by atoms with van der Waals surface area (Å²) in [6.07, 6.45) is 2.02. The van der Waals surface area contributed by atoms with E-state index in [1.54, 1.807) is 11.3 Å². The summed E-state index contributed by atoms with van der Waals surface area (Å²) < 4.78 is 1.12. The smallest absolute Gasteiger partial charge is 0.183 e. The number of aldehydes is 1. The van der Waals surface area contributed by atoms with E-state index in [-0.39, 0.29) is 10.8 Å². The molecule has 152 valence electrons. The van der Waals surface area contributed by atoms with E-state index in [4.69, 9.17) is 11.6 Å². The van der Waals surface area contributed by atoms with Gasteiger partial charge in [0.2, 0.25) is 0 Å². The van der Waals surface area contributed by atoms with Crippen LogP contribution in [0.15, 0.2) is 78.9 Å². The number of carbonyl (C=O) groups excluding carboxylic acids is 1. The average molecular weight is 435 g/mol. The monoisotopic (exact) mass is 434 g/mol. The Bertz CT molecular complexity index is 1120. The van der Waals surface area contributed by atoms with Crippen molar-refractivity contribution in [3.05, 3.63) is 95.0 Å². The normalized spacial score (nSPS) is 18.9. The Hall–Kier alpha value is -2.69. The molecule has 0 bridgehead atoms. The van der Waals surface area contributed by atoms with Crippen molar-refractivity contribution in [3.8, 4) is 0 Å². The highest BCUT2D eigenvalue weighted by Gasteiger charge is 2.66. The van der Waals surface area contributed by atoms with E-state index in [1.165, 1.54) is 11.1 Å². The minimum absolute atomic E-state index is 0.128. The molecule has 1 heterocycles. The Balaban J connectivity index is 0.000000158. The van der Waals surface area contributed by atoms with Crippen LogP contribution in [-0.2, 0) is 10.2 Å². The molecule has 1 aliphatic carbocycles. The number of fused-ring (bicyclic) bond motifs is 1. The second-order valence-corrected chi connectivity index (χ2v) is 9.14. The number of nitrogens with one attached hydrogen (secondary N) is 1. The molecule has 0 saturated heterocycles. The Morgan fingerprint density at radius 1 is 0.967 bits per heavy atom. The SMILES string of the molecule is CC1(C=O)CC1(c1ccccc1)c1ccccc1.CNc1nc2c(Cl)cccc2s1. The predicted molar refractivity (Wildman–Crippen MR) is 127 cm³/mol. The number of aromatic nitrogens is 1. The number of para-hydroxylation sites is 1. The molecule has 0 aliphatic heterocycles. The number of anilines is 1. The van der Waals surface area contributed by atoms with Crippen molar-refractivity contribution >= 4 is 44.6 Å². The zero-order valence-corrected chi connectivity index (χ0v) is 18.5. The van der Waals surface area contributed by atoms with Crippen LogP contribution >= 0.6 is 22.9 Å². The van der Waals surface area contributed by atoms with Crippen LogP contribution in [0.2, 0.25) is 5.02 Å². The van der Waals surface area contributed by atoms with Gasteiger partial charge >= 0.3 is 0 Å². The first-order chi connectivity index (χ1) is 14.5. The zero-order chi connectivity index (χ0) is 21.2. The lowest BCUT2D eigenvalue weighted by molar-refractivity contribution is -0.112. The third-order valence-corrected chi connectivity index (χ3v) is 7.20. The van der Waals surface area contributed by atoms with E-state index in [0.717, 1.165) is 28.1 Å². The molecule has 0 amide bonds. The van der Waals surface area contributed by atoms with E-state index in [2.05, 4.69) is 41.5 Å². The van der Waals surface area contributed by atoms with Gasteiger partial charge in [0.1, 0.15) is 11.8 Å². The Kier molecular flexibility index (Phi) is 5.63. The maximum Gasteiger partial charge on any atom is 0.183 e. The third kappa shape index (κ3) is 3.51. The van der Waals surface area contributed by atoms with Crippen LogP contribution in [0.1, 0.15) is 24.5 Å². The molecule has 3 aromatic carbocycles. The molecule has 1 unspecified atom stereocenters. The van der Waals surface area contributed by atoms with Gasteiger partial charge in [-0.15, -0.1) is 0 Å². The minimum Gasteiger partial charge on any atom is -0.365 e. The van der Waals surface area contributed by atoms with Crippen LogP contribution in [-0.4, -0.2) is 18.3 Å². The lowest BCUT2D eigenvalue weighted by Gasteiger charge is -2.21. The number of hydrogen-bond donors (Lipinski definition) is 1. The average Bonchev–Trinajstić information content (AvgIpc) is 3.21. The molecule has 1 aliphatic rings. The summed E-state index contributed by atoms with van der Waals surface area (Å²) >= 11 is 7.55. The number of hydrogen-bond acceptors (Lipinski definition) is 4. The maximum absolute atomic E-state index is 11.5. The van der Waals surface area contributed by atoms with Gasteiger partial charge in [-0.05, 0) is 29.7 Å². The molecule has 5 rings (SSSR count). The van der Waals surface area contributed by atoms with Crippen molar-refractivity contribution in [1.82, 2.24) is 4.98 Å². The van der Waals surface area contributed by atoms with E-state index in [0.29, 0.717) is 5.02 Å². The molecule has 1 atom stereocenters. The lowest BCUT2D eigenvalue weighted by Crippen LogP contribution is -2.19. The quantitative estimate of drug-likeness (QED) is 0.369. The second kappa shape index (κ2) is 8.21. The van der Waals surface area contributed by atoms with Gasteiger partial charge in [-0.1, -0.05) is 96.6 Å². The highest BCUT2D eigenvalue weighted by molar-refractivity contribution is 7.22. The number of benzene rings is 3. The van der Waals surface area contributed by atoms with Gasteiger partial charge in [0.25, 0.3) is 0 Å². The van der Waals surface area contributed by atoms with Crippen molar-refractivity contribution in [2.45, 2.75) is 18.8 Å². The van der Waals surface area contributed by atoms with E-state index in [1.807, 2.05) is 61.6 Å². The van der Waals surface area contributed by atoms with E-state index >= 15 is 0 Å². The number of thiazole rings is 1. The zero-order valence-electron chi connectivity index (χ0n) is 16.9. The van der Waals surface area contributed by atoms with Gasteiger partial charge < -0.3 is 10.1 Å². The molecule has 1 aromatic heterocycles. The molecule has 4 aromatic rings. The van der Waals surface area contributed by atoms with Gasteiger partial charge in [-0.2, -0.15) is 0 Å². The number of rotatable bonds is 4. The predicted octanol–water partition coefficient (Wildman–Crippen LogP) is 6.57. The van der Waals surface area contributed by atoms with Gasteiger partial charge in [0.15, 0.2) is 5.13 Å². The van der Waals surface area contributed by atoms with Gasteiger partial charge in [-0.25, -0.2) is 4.98 Å². The molecular formula is C25H23ClN2OS. The first kappa shape index (κ1) is 20.6. The summed E-state index contributed by atoms with van der Waals surface area (Å²) in [5.74, 6) is 0. The molecule has 30 heavy (non-hydrogen) atoms. The molecule has 0 spiro atoms. The Morgan fingerprint density at radius 2 is 1.57 bits per heavy atom. The summed E-state index contributed by atoms with van der Waals surface area (Å²) in [5.41, 5.74) is 2.97. The molecular weight excluding hydrogens is 412 g/mol. The van der Waals surface area contributed by atoms with Crippen molar-refractivity contribution in [2.24, 2.45) is 5.41 Å². The van der Waals surface area contributed by atoms with E-state index in [9.17, 15) is 4.79 Å². The van der Waals surface area contributed by atoms with Crippen molar-refractivity contribution in [2.75, 3.05) is 12.4 Å². The first-order valence-corrected chi connectivity index (χ1v) is 11.0. The fourth-order valence-electron chi connectivity index (χ4n) is 4.15. The van der Waals surface area contributed by atoms with Crippen LogP contribution in [0.3, 0.4) is 0 Å². The molecule has 3 nitrogen and oxygen atoms in total. The molecule has 0 radical (unpaired) electrons. The summed E-state index contributed by atoms with van der Waals surface area (Å²) in [6, 6.07) is 26.5. The summed E-state index contributed by atoms with van der Waals surface area (Å²) in [4.78, 5) is 15.8. The highest BCUT2D eigenvalue weighted by Crippen LogP contribution is 2.66. The third-order valence-electron chi connectivity index (χ3n) is 5.86. The van der Waals surface area contributed by atoms with Crippen molar-refractivity contribution in [1.29, 1.82) is 0 Å². The number of halogens is 1. The van der Waals surface area contributed by atoms with Crippen molar-refractivity contribution in [3.63, 3.8) is 0 Å².